The first-order valence-electron chi connectivity index (χ1n) is 5.23. The molecule has 0 aromatic heterocycles. The fraction of sp³-hybridized carbons (Fsp3) is 0.417. The summed E-state index contributed by atoms with van der Waals surface area (Å²) in [7, 11) is 0. The van der Waals surface area contributed by atoms with E-state index in [-0.39, 0.29) is 12.2 Å². The van der Waals surface area contributed by atoms with Crippen LogP contribution < -0.4 is 0 Å². The van der Waals surface area contributed by atoms with Gasteiger partial charge in [-0.1, -0.05) is 18.2 Å². The Balaban J connectivity index is 2.93. The normalized spacial score (nSPS) is 12.2. The minimum atomic E-state index is -0.980. The highest BCUT2D eigenvalue weighted by molar-refractivity contribution is 5.76. The molecule has 1 atom stereocenters. The molecule has 4 heteroatoms. The molecule has 0 spiro atoms. The Bertz CT molecular complexity index is 352. The third kappa shape index (κ3) is 3.03. The maximum absolute atomic E-state index is 13.5. The number of rotatable bonds is 5. The molecule has 0 aliphatic rings. The molecular weight excluding hydrogens is 211 g/mol. The van der Waals surface area contributed by atoms with Crippen LogP contribution in [0.15, 0.2) is 24.3 Å². The highest BCUT2D eigenvalue weighted by atomic mass is 19.1. The van der Waals surface area contributed by atoms with E-state index in [1.807, 2.05) is 0 Å². The molecule has 16 heavy (non-hydrogen) atoms. The summed E-state index contributed by atoms with van der Waals surface area (Å²) in [5, 5.41) is 0. The van der Waals surface area contributed by atoms with Crippen LogP contribution in [0.25, 0.3) is 0 Å². The predicted octanol–water partition coefficient (Wildman–Crippen LogP) is 2.47. The van der Waals surface area contributed by atoms with E-state index in [0.717, 1.165) is 0 Å². The third-order valence-electron chi connectivity index (χ3n) is 2.02. The van der Waals surface area contributed by atoms with Crippen LogP contribution in [0.4, 0.5) is 4.39 Å². The molecule has 0 bridgehead atoms. The summed E-state index contributed by atoms with van der Waals surface area (Å²) >= 11 is 0. The van der Waals surface area contributed by atoms with Crippen molar-refractivity contribution < 1.29 is 18.7 Å². The molecule has 88 valence electrons. The van der Waals surface area contributed by atoms with E-state index >= 15 is 0 Å². The minimum absolute atomic E-state index is 0.211. The van der Waals surface area contributed by atoms with Crippen molar-refractivity contribution in [2.24, 2.45) is 0 Å². The van der Waals surface area contributed by atoms with Gasteiger partial charge >= 0.3 is 5.97 Å². The number of ether oxygens (including phenoxy) is 2. The van der Waals surface area contributed by atoms with E-state index in [0.29, 0.717) is 6.61 Å². The molecule has 0 saturated carbocycles. The van der Waals surface area contributed by atoms with Crippen LogP contribution in [0.2, 0.25) is 0 Å². The molecule has 0 N–H and O–H groups in total. The molecule has 3 nitrogen and oxygen atoms in total. The second-order valence-corrected chi connectivity index (χ2v) is 3.11. The Morgan fingerprint density at radius 2 is 2.00 bits per heavy atom. The van der Waals surface area contributed by atoms with Crippen molar-refractivity contribution in [3.8, 4) is 0 Å². The van der Waals surface area contributed by atoms with Crippen LogP contribution in [0, 0.1) is 5.82 Å². The highest BCUT2D eigenvalue weighted by Crippen LogP contribution is 2.21. The monoisotopic (exact) mass is 226 g/mol. The van der Waals surface area contributed by atoms with Crippen molar-refractivity contribution in [1.29, 1.82) is 0 Å². The summed E-state index contributed by atoms with van der Waals surface area (Å²) in [5.74, 6) is -1.02. The van der Waals surface area contributed by atoms with Crippen LogP contribution in [0.3, 0.4) is 0 Å². The molecule has 1 rings (SSSR count). The van der Waals surface area contributed by atoms with Gasteiger partial charge in [-0.25, -0.2) is 9.18 Å². The fourth-order valence-corrected chi connectivity index (χ4v) is 1.36. The number of carbonyl (C=O) groups excluding carboxylic acids is 1. The second-order valence-electron chi connectivity index (χ2n) is 3.11. The number of benzene rings is 1. The zero-order chi connectivity index (χ0) is 12.0. The molecular formula is C12H15FO3. The first-order chi connectivity index (χ1) is 7.70. The molecule has 0 aliphatic carbocycles. The van der Waals surface area contributed by atoms with Gasteiger partial charge in [0.05, 0.1) is 6.61 Å². The van der Waals surface area contributed by atoms with Crippen molar-refractivity contribution in [1.82, 2.24) is 0 Å². The lowest BCUT2D eigenvalue weighted by atomic mass is 10.1. The third-order valence-corrected chi connectivity index (χ3v) is 2.02. The van der Waals surface area contributed by atoms with Crippen LogP contribution >= 0.6 is 0 Å². The summed E-state index contributed by atoms with van der Waals surface area (Å²) in [5.41, 5.74) is 0.211. The molecule has 0 fully saturated rings. The SMILES string of the molecule is CCOC(=O)C(OCC)c1ccccc1F. The second kappa shape index (κ2) is 6.23. The van der Waals surface area contributed by atoms with Gasteiger partial charge in [0.25, 0.3) is 0 Å². The molecule has 1 aromatic carbocycles. The lowest BCUT2D eigenvalue weighted by Crippen LogP contribution is -2.20. The van der Waals surface area contributed by atoms with E-state index in [1.54, 1.807) is 26.0 Å². The Morgan fingerprint density at radius 3 is 2.56 bits per heavy atom. The zero-order valence-corrected chi connectivity index (χ0v) is 9.40. The number of hydrogen-bond acceptors (Lipinski definition) is 3. The average Bonchev–Trinajstić information content (AvgIpc) is 2.27. The molecule has 0 amide bonds. The van der Waals surface area contributed by atoms with Crippen molar-refractivity contribution in [3.05, 3.63) is 35.6 Å². The van der Waals surface area contributed by atoms with Gasteiger partial charge in [0, 0.05) is 12.2 Å². The van der Waals surface area contributed by atoms with Gasteiger partial charge < -0.3 is 9.47 Å². The Hall–Kier alpha value is -1.42. The fourth-order valence-electron chi connectivity index (χ4n) is 1.36. The lowest BCUT2D eigenvalue weighted by molar-refractivity contribution is -0.157. The smallest absolute Gasteiger partial charge is 0.340 e. The van der Waals surface area contributed by atoms with E-state index in [2.05, 4.69) is 0 Å². The molecule has 1 aromatic rings. The van der Waals surface area contributed by atoms with E-state index in [1.165, 1.54) is 12.1 Å². The maximum Gasteiger partial charge on any atom is 0.340 e. The summed E-state index contributed by atoms with van der Waals surface area (Å²) in [6.07, 6.45) is -0.980. The Kier molecular flexibility index (Phi) is 4.92. The zero-order valence-electron chi connectivity index (χ0n) is 9.40. The number of halogens is 1. The molecule has 0 aliphatic heterocycles. The minimum Gasteiger partial charge on any atom is -0.464 e. The van der Waals surface area contributed by atoms with Gasteiger partial charge in [-0.2, -0.15) is 0 Å². The highest BCUT2D eigenvalue weighted by Gasteiger charge is 2.24. The van der Waals surface area contributed by atoms with Crippen LogP contribution in [-0.4, -0.2) is 19.2 Å². The standard InChI is InChI=1S/C12H15FO3/c1-3-15-11(12(14)16-4-2)9-7-5-6-8-10(9)13/h5-8,11H,3-4H2,1-2H3. The number of esters is 1. The van der Waals surface area contributed by atoms with Gasteiger partial charge in [0.1, 0.15) is 5.82 Å². The summed E-state index contributed by atoms with van der Waals surface area (Å²) < 4.78 is 23.5. The number of carbonyl (C=O) groups is 1. The largest absolute Gasteiger partial charge is 0.464 e. The van der Waals surface area contributed by atoms with Crippen molar-refractivity contribution in [2.45, 2.75) is 20.0 Å². The molecule has 1 unspecified atom stereocenters. The molecule has 0 heterocycles. The summed E-state index contributed by atoms with van der Waals surface area (Å²) in [6, 6.07) is 6.03. The molecule has 0 saturated heterocycles. The van der Waals surface area contributed by atoms with Crippen molar-refractivity contribution in [3.63, 3.8) is 0 Å². The van der Waals surface area contributed by atoms with E-state index in [9.17, 15) is 9.18 Å². The lowest BCUT2D eigenvalue weighted by Gasteiger charge is -2.16. The Morgan fingerprint density at radius 1 is 1.31 bits per heavy atom. The topological polar surface area (TPSA) is 35.5 Å². The van der Waals surface area contributed by atoms with Gasteiger partial charge in [-0.15, -0.1) is 0 Å². The summed E-state index contributed by atoms with van der Waals surface area (Å²) in [4.78, 5) is 11.6. The van der Waals surface area contributed by atoms with E-state index in [4.69, 9.17) is 9.47 Å². The maximum atomic E-state index is 13.5. The van der Waals surface area contributed by atoms with Gasteiger partial charge in [-0.3, -0.25) is 0 Å². The predicted molar refractivity (Wildman–Crippen MR) is 57.4 cm³/mol. The number of hydrogen-bond donors (Lipinski definition) is 0. The average molecular weight is 226 g/mol. The van der Waals surface area contributed by atoms with Crippen LogP contribution in [0.1, 0.15) is 25.5 Å². The first-order valence-corrected chi connectivity index (χ1v) is 5.23. The van der Waals surface area contributed by atoms with Crippen molar-refractivity contribution >= 4 is 5.97 Å². The first kappa shape index (κ1) is 12.6. The van der Waals surface area contributed by atoms with Gasteiger partial charge in [0.2, 0.25) is 0 Å². The van der Waals surface area contributed by atoms with Crippen LogP contribution in [0.5, 0.6) is 0 Å². The van der Waals surface area contributed by atoms with Gasteiger partial charge in [-0.05, 0) is 19.9 Å². The Labute approximate surface area is 94.2 Å². The van der Waals surface area contributed by atoms with Gasteiger partial charge in [0.15, 0.2) is 6.10 Å². The molecule has 0 radical (unpaired) electrons. The summed E-state index contributed by atoms with van der Waals surface area (Å²) in [6.45, 7) is 4.00. The van der Waals surface area contributed by atoms with Crippen LogP contribution in [-0.2, 0) is 14.3 Å². The van der Waals surface area contributed by atoms with E-state index < -0.39 is 17.9 Å². The quantitative estimate of drug-likeness (QED) is 0.723. The van der Waals surface area contributed by atoms with Crippen molar-refractivity contribution in [2.75, 3.05) is 13.2 Å².